The Morgan fingerprint density at radius 3 is 2.44 bits per heavy atom. The third-order valence-corrected chi connectivity index (χ3v) is 2.37. The van der Waals surface area contributed by atoms with Gasteiger partial charge in [0, 0.05) is 13.2 Å². The van der Waals surface area contributed by atoms with Crippen molar-refractivity contribution in [3.05, 3.63) is 0 Å². The van der Waals surface area contributed by atoms with Gasteiger partial charge in [0.2, 0.25) is 5.91 Å². The van der Waals surface area contributed by atoms with Crippen LogP contribution in [0.4, 0.5) is 0 Å². The van der Waals surface area contributed by atoms with E-state index >= 15 is 0 Å². The summed E-state index contributed by atoms with van der Waals surface area (Å²) in [6.07, 6.45) is -0.0415. The summed E-state index contributed by atoms with van der Waals surface area (Å²) in [4.78, 5) is 22.2. The fraction of sp³-hybridized carbons (Fsp3) is 0.833. The third kappa shape index (κ3) is 8.03. The van der Waals surface area contributed by atoms with Gasteiger partial charge < -0.3 is 20.9 Å². The molecule has 0 aromatic carbocycles. The minimum Gasteiger partial charge on any atom is -0.481 e. The standard InChI is InChI=1S/C12H24N2O4/c1-4-18-9(6-11(15)16)7-14-12(17)10(13)5-8(2)3/h8-10H,4-7,13H2,1-3H3,(H,14,17)(H,15,16)/t9?,10-/m0/s1. The van der Waals surface area contributed by atoms with Crippen LogP contribution in [-0.2, 0) is 14.3 Å². The Morgan fingerprint density at radius 1 is 1.39 bits per heavy atom. The van der Waals surface area contributed by atoms with Crippen LogP contribution < -0.4 is 11.1 Å². The maximum atomic E-state index is 11.6. The number of ether oxygens (including phenoxy) is 1. The molecule has 0 aliphatic heterocycles. The average molecular weight is 260 g/mol. The first-order valence-electron chi connectivity index (χ1n) is 6.23. The molecule has 6 heteroatoms. The van der Waals surface area contributed by atoms with E-state index < -0.39 is 18.1 Å². The second kappa shape index (κ2) is 8.88. The molecule has 0 heterocycles. The van der Waals surface area contributed by atoms with Gasteiger partial charge in [0.05, 0.1) is 18.6 Å². The van der Waals surface area contributed by atoms with Crippen molar-refractivity contribution in [3.8, 4) is 0 Å². The van der Waals surface area contributed by atoms with Crippen LogP contribution in [-0.4, -0.2) is 42.3 Å². The lowest BCUT2D eigenvalue weighted by Gasteiger charge is -2.18. The van der Waals surface area contributed by atoms with Crippen molar-refractivity contribution in [2.24, 2.45) is 11.7 Å². The van der Waals surface area contributed by atoms with Gasteiger partial charge in [-0.05, 0) is 19.3 Å². The molecule has 0 spiro atoms. The lowest BCUT2D eigenvalue weighted by atomic mass is 10.0. The number of carbonyl (C=O) groups is 2. The predicted molar refractivity (Wildman–Crippen MR) is 68.1 cm³/mol. The molecule has 0 aromatic rings. The molecule has 0 aliphatic carbocycles. The minimum atomic E-state index is -0.950. The van der Waals surface area contributed by atoms with Gasteiger partial charge in [-0.2, -0.15) is 0 Å². The molecule has 0 fully saturated rings. The Hall–Kier alpha value is -1.14. The molecule has 0 bridgehead atoms. The fourth-order valence-corrected chi connectivity index (χ4v) is 1.58. The molecule has 0 aromatic heterocycles. The molecule has 0 aliphatic rings. The predicted octanol–water partition coefficient (Wildman–Crippen LogP) is 0.356. The lowest BCUT2D eigenvalue weighted by molar-refractivity contribution is -0.140. The smallest absolute Gasteiger partial charge is 0.306 e. The molecule has 2 atom stereocenters. The van der Waals surface area contributed by atoms with E-state index in [0.717, 1.165) is 0 Å². The number of aliphatic carboxylic acids is 1. The van der Waals surface area contributed by atoms with Gasteiger partial charge in [-0.25, -0.2) is 0 Å². The summed E-state index contributed by atoms with van der Waals surface area (Å²) < 4.78 is 5.23. The van der Waals surface area contributed by atoms with E-state index in [4.69, 9.17) is 15.6 Å². The van der Waals surface area contributed by atoms with Crippen LogP contribution in [0.1, 0.15) is 33.6 Å². The number of nitrogens with two attached hydrogens (primary N) is 1. The molecule has 106 valence electrons. The first kappa shape index (κ1) is 16.9. The molecule has 0 saturated heterocycles. The number of amides is 1. The summed E-state index contributed by atoms with van der Waals surface area (Å²) in [7, 11) is 0. The zero-order valence-corrected chi connectivity index (χ0v) is 11.3. The van der Waals surface area contributed by atoms with Gasteiger partial charge in [0.25, 0.3) is 0 Å². The first-order chi connectivity index (χ1) is 8.36. The van der Waals surface area contributed by atoms with Crippen molar-refractivity contribution in [3.63, 3.8) is 0 Å². The van der Waals surface area contributed by atoms with Crippen molar-refractivity contribution in [2.75, 3.05) is 13.2 Å². The summed E-state index contributed by atoms with van der Waals surface area (Å²) >= 11 is 0. The van der Waals surface area contributed by atoms with Gasteiger partial charge in [0.1, 0.15) is 0 Å². The molecule has 18 heavy (non-hydrogen) atoms. The zero-order chi connectivity index (χ0) is 14.1. The van der Waals surface area contributed by atoms with Crippen molar-refractivity contribution in [2.45, 2.75) is 45.8 Å². The molecular weight excluding hydrogens is 236 g/mol. The Bertz CT molecular complexity index is 269. The summed E-state index contributed by atoms with van der Waals surface area (Å²) in [6, 6.07) is -0.558. The second-order valence-corrected chi connectivity index (χ2v) is 4.66. The Morgan fingerprint density at radius 2 is 2.00 bits per heavy atom. The number of nitrogens with one attached hydrogen (secondary N) is 1. The van der Waals surface area contributed by atoms with E-state index in [1.54, 1.807) is 6.92 Å². The SMILES string of the molecule is CCOC(CNC(=O)[C@@H](N)CC(C)C)CC(=O)O. The summed E-state index contributed by atoms with van der Waals surface area (Å²) in [6.45, 7) is 6.33. The van der Waals surface area contributed by atoms with E-state index in [2.05, 4.69) is 5.32 Å². The first-order valence-corrected chi connectivity index (χ1v) is 6.23. The molecule has 0 radical (unpaired) electrons. The van der Waals surface area contributed by atoms with Crippen molar-refractivity contribution >= 4 is 11.9 Å². The molecular formula is C12H24N2O4. The van der Waals surface area contributed by atoms with Gasteiger partial charge in [-0.1, -0.05) is 13.8 Å². The largest absolute Gasteiger partial charge is 0.481 e. The van der Waals surface area contributed by atoms with Crippen molar-refractivity contribution in [1.82, 2.24) is 5.32 Å². The number of carboxylic acids is 1. The van der Waals surface area contributed by atoms with Gasteiger partial charge in [-0.15, -0.1) is 0 Å². The van der Waals surface area contributed by atoms with Crippen LogP contribution in [0.15, 0.2) is 0 Å². The fourth-order valence-electron chi connectivity index (χ4n) is 1.58. The van der Waals surface area contributed by atoms with E-state index in [0.29, 0.717) is 18.9 Å². The highest BCUT2D eigenvalue weighted by Gasteiger charge is 2.18. The summed E-state index contributed by atoms with van der Waals surface area (Å²) in [5.74, 6) is -0.875. The molecule has 1 unspecified atom stereocenters. The van der Waals surface area contributed by atoms with E-state index in [1.807, 2.05) is 13.8 Å². The minimum absolute atomic E-state index is 0.131. The maximum absolute atomic E-state index is 11.6. The quantitative estimate of drug-likeness (QED) is 0.555. The molecule has 1 amide bonds. The lowest BCUT2D eigenvalue weighted by Crippen LogP contribution is -2.44. The van der Waals surface area contributed by atoms with E-state index in [9.17, 15) is 9.59 Å². The summed E-state index contributed by atoms with van der Waals surface area (Å²) in [5.41, 5.74) is 5.71. The average Bonchev–Trinajstić information content (AvgIpc) is 2.24. The second-order valence-electron chi connectivity index (χ2n) is 4.66. The highest BCUT2D eigenvalue weighted by molar-refractivity contribution is 5.81. The highest BCUT2D eigenvalue weighted by atomic mass is 16.5. The van der Waals surface area contributed by atoms with Crippen LogP contribution in [0.3, 0.4) is 0 Å². The number of hydrogen-bond acceptors (Lipinski definition) is 4. The summed E-state index contributed by atoms with van der Waals surface area (Å²) in [5, 5.41) is 11.3. The highest BCUT2D eigenvalue weighted by Crippen LogP contribution is 2.03. The van der Waals surface area contributed by atoms with Crippen LogP contribution in [0.2, 0.25) is 0 Å². The number of carboxylic acid groups (broad SMARTS) is 1. The van der Waals surface area contributed by atoms with Crippen LogP contribution >= 0.6 is 0 Å². The van der Waals surface area contributed by atoms with Crippen LogP contribution in [0.5, 0.6) is 0 Å². The number of hydrogen-bond donors (Lipinski definition) is 3. The molecule has 6 nitrogen and oxygen atoms in total. The monoisotopic (exact) mass is 260 g/mol. The number of rotatable bonds is 9. The Kier molecular flexibility index (Phi) is 8.32. The molecule has 4 N–H and O–H groups in total. The molecule has 0 rings (SSSR count). The van der Waals surface area contributed by atoms with Crippen molar-refractivity contribution in [1.29, 1.82) is 0 Å². The maximum Gasteiger partial charge on any atom is 0.306 e. The van der Waals surface area contributed by atoms with Gasteiger partial charge in [0.15, 0.2) is 0 Å². The Balaban J connectivity index is 4.09. The number of carbonyl (C=O) groups excluding carboxylic acids is 1. The van der Waals surface area contributed by atoms with Crippen LogP contribution in [0.25, 0.3) is 0 Å². The van der Waals surface area contributed by atoms with Gasteiger partial charge in [-0.3, -0.25) is 9.59 Å². The van der Waals surface area contributed by atoms with Crippen LogP contribution in [0, 0.1) is 5.92 Å². The third-order valence-electron chi connectivity index (χ3n) is 2.37. The van der Waals surface area contributed by atoms with E-state index in [-0.39, 0.29) is 18.9 Å². The van der Waals surface area contributed by atoms with Crippen molar-refractivity contribution < 1.29 is 19.4 Å². The normalized spacial score (nSPS) is 14.3. The molecule has 0 saturated carbocycles. The van der Waals surface area contributed by atoms with Gasteiger partial charge >= 0.3 is 5.97 Å². The topological polar surface area (TPSA) is 102 Å². The Labute approximate surface area is 108 Å². The van der Waals surface area contributed by atoms with E-state index in [1.165, 1.54) is 0 Å². The zero-order valence-electron chi connectivity index (χ0n) is 11.3.